The van der Waals surface area contributed by atoms with Crippen molar-refractivity contribution >= 4 is 0 Å². The van der Waals surface area contributed by atoms with Crippen molar-refractivity contribution in [3.8, 4) is 16.9 Å². The largest absolute Gasteiger partial charge is 0.494 e. The summed E-state index contributed by atoms with van der Waals surface area (Å²) < 4.78 is 5.45. The van der Waals surface area contributed by atoms with Gasteiger partial charge in [-0.15, -0.1) is 0 Å². The topological polar surface area (TPSA) is 22.1 Å². The van der Waals surface area contributed by atoms with Gasteiger partial charge in [0.15, 0.2) is 0 Å². The Bertz CT molecular complexity index is 426. The molecule has 2 nitrogen and oxygen atoms in total. The van der Waals surface area contributed by atoms with Crippen LogP contribution in [-0.4, -0.2) is 11.6 Å². The molecule has 0 atom stereocenters. The van der Waals surface area contributed by atoms with Gasteiger partial charge in [-0.1, -0.05) is 18.2 Å². The van der Waals surface area contributed by atoms with E-state index in [1.54, 1.807) is 6.20 Å². The molecule has 0 aliphatic rings. The maximum Gasteiger partial charge on any atom is 0.119 e. The molecular formula is C13H13NO. The molecule has 0 spiro atoms. The Labute approximate surface area is 89.6 Å². The van der Waals surface area contributed by atoms with Crippen molar-refractivity contribution in [2.45, 2.75) is 6.92 Å². The van der Waals surface area contributed by atoms with E-state index in [4.69, 9.17) is 4.74 Å². The number of aromatic nitrogens is 1. The van der Waals surface area contributed by atoms with Gasteiger partial charge >= 0.3 is 0 Å². The third kappa shape index (κ3) is 2.34. The molecular weight excluding hydrogens is 186 g/mol. The van der Waals surface area contributed by atoms with Crippen molar-refractivity contribution in [2.24, 2.45) is 0 Å². The van der Waals surface area contributed by atoms with E-state index in [2.05, 4.69) is 11.1 Å². The Hall–Kier alpha value is -1.83. The molecule has 0 amide bonds. The van der Waals surface area contributed by atoms with Gasteiger partial charge < -0.3 is 4.74 Å². The van der Waals surface area contributed by atoms with Crippen LogP contribution in [0.15, 0.2) is 48.8 Å². The molecule has 0 aliphatic heterocycles. The number of benzene rings is 1. The lowest BCUT2D eigenvalue weighted by Crippen LogP contribution is -1.91. The van der Waals surface area contributed by atoms with E-state index >= 15 is 0 Å². The molecule has 76 valence electrons. The summed E-state index contributed by atoms with van der Waals surface area (Å²) in [4.78, 5) is 4.10. The zero-order valence-corrected chi connectivity index (χ0v) is 8.68. The van der Waals surface area contributed by atoms with Crippen LogP contribution in [0.3, 0.4) is 0 Å². The van der Waals surface area contributed by atoms with E-state index in [1.165, 1.54) is 0 Å². The number of pyridine rings is 1. The molecule has 2 aromatic rings. The summed E-state index contributed by atoms with van der Waals surface area (Å²) in [5, 5.41) is 0. The Morgan fingerprint density at radius 1 is 1.13 bits per heavy atom. The Morgan fingerprint density at radius 2 is 2.00 bits per heavy atom. The zero-order valence-electron chi connectivity index (χ0n) is 8.68. The first kappa shape index (κ1) is 9.71. The lowest BCUT2D eigenvalue weighted by atomic mass is 10.1. The van der Waals surface area contributed by atoms with Gasteiger partial charge in [-0.2, -0.15) is 0 Å². The molecule has 2 heteroatoms. The van der Waals surface area contributed by atoms with Crippen molar-refractivity contribution in [2.75, 3.05) is 6.61 Å². The van der Waals surface area contributed by atoms with Gasteiger partial charge in [-0.25, -0.2) is 0 Å². The number of hydrogen-bond acceptors (Lipinski definition) is 2. The predicted octanol–water partition coefficient (Wildman–Crippen LogP) is 3.15. The average Bonchev–Trinajstić information content (AvgIpc) is 2.31. The summed E-state index contributed by atoms with van der Waals surface area (Å²) in [6.07, 6.45) is 3.63. The van der Waals surface area contributed by atoms with E-state index in [9.17, 15) is 0 Å². The molecule has 1 aromatic heterocycles. The van der Waals surface area contributed by atoms with Crippen LogP contribution in [0.2, 0.25) is 0 Å². The summed E-state index contributed by atoms with van der Waals surface area (Å²) in [6.45, 7) is 2.67. The van der Waals surface area contributed by atoms with Gasteiger partial charge in [0.1, 0.15) is 5.75 Å². The number of ether oxygens (including phenoxy) is 1. The highest BCUT2D eigenvalue weighted by Gasteiger charge is 1.98. The molecule has 1 heterocycles. The highest BCUT2D eigenvalue weighted by atomic mass is 16.5. The molecule has 0 radical (unpaired) electrons. The number of nitrogens with zero attached hydrogens (tertiary/aromatic N) is 1. The second kappa shape index (κ2) is 4.60. The lowest BCUT2D eigenvalue weighted by molar-refractivity contribution is 0.340. The monoisotopic (exact) mass is 199 g/mol. The van der Waals surface area contributed by atoms with Gasteiger partial charge in [0.25, 0.3) is 0 Å². The average molecular weight is 199 g/mol. The minimum absolute atomic E-state index is 0.691. The fraction of sp³-hybridized carbons (Fsp3) is 0.154. The van der Waals surface area contributed by atoms with E-state index in [1.807, 2.05) is 43.5 Å². The molecule has 1 aromatic carbocycles. The summed E-state index contributed by atoms with van der Waals surface area (Å²) in [6, 6.07) is 12.0. The summed E-state index contributed by atoms with van der Waals surface area (Å²) in [5.74, 6) is 0.902. The maximum absolute atomic E-state index is 5.45. The first-order valence-corrected chi connectivity index (χ1v) is 5.03. The van der Waals surface area contributed by atoms with Crippen LogP contribution in [0.5, 0.6) is 5.75 Å². The maximum atomic E-state index is 5.45. The van der Waals surface area contributed by atoms with Crippen LogP contribution >= 0.6 is 0 Å². The zero-order chi connectivity index (χ0) is 10.5. The Morgan fingerprint density at radius 3 is 2.73 bits per heavy atom. The van der Waals surface area contributed by atoms with Crippen LogP contribution in [0.4, 0.5) is 0 Å². The Kier molecular flexibility index (Phi) is 2.98. The molecule has 0 aliphatic carbocycles. The third-order valence-electron chi connectivity index (χ3n) is 2.14. The molecule has 2 rings (SSSR count). The minimum Gasteiger partial charge on any atom is -0.494 e. The second-order valence-corrected chi connectivity index (χ2v) is 3.20. The van der Waals surface area contributed by atoms with Crippen molar-refractivity contribution in [1.29, 1.82) is 0 Å². The van der Waals surface area contributed by atoms with Crippen molar-refractivity contribution in [3.05, 3.63) is 48.8 Å². The fourth-order valence-corrected chi connectivity index (χ4v) is 1.47. The molecule has 0 saturated carbocycles. The smallest absolute Gasteiger partial charge is 0.119 e. The third-order valence-corrected chi connectivity index (χ3v) is 2.14. The van der Waals surface area contributed by atoms with Crippen LogP contribution in [0.25, 0.3) is 11.1 Å². The number of hydrogen-bond donors (Lipinski definition) is 0. The minimum atomic E-state index is 0.691. The highest BCUT2D eigenvalue weighted by Crippen LogP contribution is 2.22. The van der Waals surface area contributed by atoms with Gasteiger partial charge in [-0.3, -0.25) is 4.98 Å². The fourth-order valence-electron chi connectivity index (χ4n) is 1.47. The first-order chi connectivity index (χ1) is 7.40. The van der Waals surface area contributed by atoms with Gasteiger partial charge in [0.05, 0.1) is 6.61 Å². The highest BCUT2D eigenvalue weighted by molar-refractivity contribution is 5.63. The Balaban J connectivity index is 2.33. The van der Waals surface area contributed by atoms with Crippen LogP contribution in [-0.2, 0) is 0 Å². The molecule has 0 bridgehead atoms. The quantitative estimate of drug-likeness (QED) is 0.757. The summed E-state index contributed by atoms with van der Waals surface area (Å²) >= 11 is 0. The summed E-state index contributed by atoms with van der Waals surface area (Å²) in [7, 11) is 0. The van der Waals surface area contributed by atoms with E-state index in [0.717, 1.165) is 16.9 Å². The van der Waals surface area contributed by atoms with Crippen LogP contribution in [0, 0.1) is 0 Å². The normalized spacial score (nSPS) is 9.93. The van der Waals surface area contributed by atoms with Crippen molar-refractivity contribution < 1.29 is 4.74 Å². The van der Waals surface area contributed by atoms with Crippen molar-refractivity contribution in [3.63, 3.8) is 0 Å². The SMILES string of the molecule is CCOc1cccc(-c2cccnc2)c1. The van der Waals surface area contributed by atoms with Crippen LogP contribution in [0.1, 0.15) is 6.92 Å². The molecule has 0 fully saturated rings. The molecule has 0 N–H and O–H groups in total. The van der Waals surface area contributed by atoms with Gasteiger partial charge in [-0.05, 0) is 30.7 Å². The van der Waals surface area contributed by atoms with Gasteiger partial charge in [0, 0.05) is 18.0 Å². The summed E-state index contributed by atoms with van der Waals surface area (Å²) in [5.41, 5.74) is 2.24. The molecule has 15 heavy (non-hydrogen) atoms. The molecule has 0 unspecified atom stereocenters. The second-order valence-electron chi connectivity index (χ2n) is 3.20. The molecule has 0 saturated heterocycles. The standard InChI is InChI=1S/C13H13NO/c1-2-15-13-7-3-5-11(9-13)12-6-4-8-14-10-12/h3-10H,2H2,1H3. The predicted molar refractivity (Wildman–Crippen MR) is 60.8 cm³/mol. The van der Waals surface area contributed by atoms with Gasteiger partial charge in [0.2, 0.25) is 0 Å². The van der Waals surface area contributed by atoms with E-state index in [-0.39, 0.29) is 0 Å². The number of rotatable bonds is 3. The van der Waals surface area contributed by atoms with Crippen molar-refractivity contribution in [1.82, 2.24) is 4.98 Å². The van der Waals surface area contributed by atoms with E-state index < -0.39 is 0 Å². The first-order valence-electron chi connectivity index (χ1n) is 5.03. The van der Waals surface area contributed by atoms with E-state index in [0.29, 0.717) is 6.61 Å². The lowest BCUT2D eigenvalue weighted by Gasteiger charge is -2.05. The van der Waals surface area contributed by atoms with Crippen LogP contribution < -0.4 is 4.74 Å².